The van der Waals surface area contributed by atoms with Gasteiger partial charge in [-0.3, -0.25) is 0 Å². The minimum atomic E-state index is -0.183. The number of hydrogen-bond acceptors (Lipinski definition) is 4. The summed E-state index contributed by atoms with van der Waals surface area (Å²) >= 11 is 0. The molecule has 1 heterocycles. The van der Waals surface area contributed by atoms with Crippen molar-refractivity contribution < 1.29 is 9.62 Å². The van der Waals surface area contributed by atoms with Crippen molar-refractivity contribution in [2.24, 2.45) is 10.9 Å². The van der Waals surface area contributed by atoms with Crippen LogP contribution in [0.2, 0.25) is 0 Å². The topological polar surface area (TPSA) is 84.6 Å². The molecular formula is C7H11N3O2. The second-order valence-electron chi connectivity index (χ2n) is 2.39. The number of oxime groups is 1. The highest BCUT2D eigenvalue weighted by Crippen LogP contribution is 2.18. The van der Waals surface area contributed by atoms with E-state index in [0.717, 1.165) is 0 Å². The minimum absolute atomic E-state index is 0.147. The van der Waals surface area contributed by atoms with Gasteiger partial charge in [0.05, 0.1) is 12.1 Å². The standard InChI is InChI=1S/C7H11N3O2/c1-2-5(7(8)10-11)6-3-9-4-12-6/h3-5,11H,2H2,1H3,(H2,8,10). The summed E-state index contributed by atoms with van der Waals surface area (Å²) in [6.45, 7) is 1.92. The van der Waals surface area contributed by atoms with Crippen LogP contribution < -0.4 is 5.73 Å². The number of nitrogens with zero attached hydrogens (tertiary/aromatic N) is 2. The summed E-state index contributed by atoms with van der Waals surface area (Å²) in [7, 11) is 0. The molecule has 5 nitrogen and oxygen atoms in total. The highest BCUT2D eigenvalue weighted by Gasteiger charge is 2.17. The molecule has 1 aromatic heterocycles. The van der Waals surface area contributed by atoms with E-state index < -0.39 is 0 Å². The van der Waals surface area contributed by atoms with Crippen LogP contribution in [0.5, 0.6) is 0 Å². The molecule has 0 aliphatic rings. The van der Waals surface area contributed by atoms with Gasteiger partial charge in [-0.05, 0) is 6.42 Å². The number of hydrogen-bond donors (Lipinski definition) is 2. The largest absolute Gasteiger partial charge is 0.448 e. The summed E-state index contributed by atoms with van der Waals surface area (Å²) in [5.41, 5.74) is 5.43. The molecule has 1 unspecified atom stereocenters. The number of oxazole rings is 1. The Morgan fingerprint density at radius 1 is 1.92 bits per heavy atom. The number of amidine groups is 1. The van der Waals surface area contributed by atoms with E-state index in [1.807, 2.05) is 6.92 Å². The number of aromatic nitrogens is 1. The van der Waals surface area contributed by atoms with Crippen molar-refractivity contribution in [3.8, 4) is 0 Å². The molecule has 3 N–H and O–H groups in total. The predicted molar refractivity (Wildman–Crippen MR) is 42.9 cm³/mol. The van der Waals surface area contributed by atoms with Crippen molar-refractivity contribution >= 4 is 5.84 Å². The molecule has 0 aliphatic carbocycles. The Labute approximate surface area is 69.9 Å². The minimum Gasteiger partial charge on any atom is -0.448 e. The zero-order valence-corrected chi connectivity index (χ0v) is 6.77. The van der Waals surface area contributed by atoms with Gasteiger partial charge in [0.25, 0.3) is 0 Å². The maximum atomic E-state index is 8.44. The Bertz CT molecular complexity index is 256. The summed E-state index contributed by atoms with van der Waals surface area (Å²) in [5.74, 6) is 0.583. The Balaban J connectivity index is 2.84. The van der Waals surface area contributed by atoms with E-state index in [9.17, 15) is 0 Å². The average Bonchev–Trinajstić information content (AvgIpc) is 2.58. The van der Waals surface area contributed by atoms with Gasteiger partial charge in [0.2, 0.25) is 0 Å². The van der Waals surface area contributed by atoms with Gasteiger partial charge >= 0.3 is 0 Å². The van der Waals surface area contributed by atoms with Gasteiger partial charge < -0.3 is 15.4 Å². The maximum Gasteiger partial charge on any atom is 0.180 e. The lowest BCUT2D eigenvalue weighted by atomic mass is 10.0. The zero-order chi connectivity index (χ0) is 8.97. The molecule has 1 aromatic rings. The quantitative estimate of drug-likeness (QED) is 0.305. The first-order valence-corrected chi connectivity index (χ1v) is 3.65. The van der Waals surface area contributed by atoms with E-state index in [1.165, 1.54) is 6.39 Å². The van der Waals surface area contributed by atoms with E-state index >= 15 is 0 Å². The summed E-state index contributed by atoms with van der Waals surface area (Å²) in [6.07, 6.45) is 3.60. The third kappa shape index (κ3) is 1.55. The molecule has 1 rings (SSSR count). The van der Waals surface area contributed by atoms with E-state index in [4.69, 9.17) is 15.4 Å². The lowest BCUT2D eigenvalue weighted by molar-refractivity contribution is 0.314. The first kappa shape index (κ1) is 8.58. The summed E-state index contributed by atoms with van der Waals surface area (Å²) in [5, 5.41) is 11.4. The SMILES string of the molecule is CCC(/C(N)=N/O)c1cnco1. The normalized spacial score (nSPS) is 14.6. The molecule has 0 radical (unpaired) electrons. The average molecular weight is 169 g/mol. The second-order valence-corrected chi connectivity index (χ2v) is 2.39. The molecular weight excluding hydrogens is 158 g/mol. The molecule has 0 saturated carbocycles. The van der Waals surface area contributed by atoms with Crippen LogP contribution in [0, 0.1) is 0 Å². The molecule has 5 heteroatoms. The highest BCUT2D eigenvalue weighted by molar-refractivity contribution is 5.86. The Hall–Kier alpha value is -1.52. The van der Waals surface area contributed by atoms with E-state index in [-0.39, 0.29) is 11.8 Å². The van der Waals surface area contributed by atoms with Gasteiger partial charge in [0.15, 0.2) is 6.39 Å². The summed E-state index contributed by atoms with van der Waals surface area (Å²) in [4.78, 5) is 3.75. The van der Waals surface area contributed by atoms with Gasteiger partial charge in [-0.2, -0.15) is 0 Å². The van der Waals surface area contributed by atoms with E-state index in [2.05, 4.69) is 10.1 Å². The van der Waals surface area contributed by atoms with Gasteiger partial charge in [-0.15, -0.1) is 0 Å². The lowest BCUT2D eigenvalue weighted by Crippen LogP contribution is -2.20. The van der Waals surface area contributed by atoms with E-state index in [1.54, 1.807) is 6.20 Å². The maximum absolute atomic E-state index is 8.44. The Kier molecular flexibility index (Phi) is 2.68. The first-order valence-electron chi connectivity index (χ1n) is 3.65. The molecule has 0 fully saturated rings. The fraction of sp³-hybridized carbons (Fsp3) is 0.429. The first-order chi connectivity index (χ1) is 5.79. The predicted octanol–water partition coefficient (Wildman–Crippen LogP) is 0.915. The van der Waals surface area contributed by atoms with Crippen molar-refractivity contribution in [2.45, 2.75) is 19.3 Å². The van der Waals surface area contributed by atoms with Gasteiger partial charge in [-0.1, -0.05) is 12.1 Å². The van der Waals surface area contributed by atoms with Gasteiger partial charge in [0.1, 0.15) is 11.6 Å². The Morgan fingerprint density at radius 3 is 3.08 bits per heavy atom. The summed E-state index contributed by atoms with van der Waals surface area (Å²) < 4.78 is 5.03. The van der Waals surface area contributed by atoms with Crippen LogP contribution in [0.15, 0.2) is 22.2 Å². The molecule has 0 spiro atoms. The molecule has 12 heavy (non-hydrogen) atoms. The summed E-state index contributed by atoms with van der Waals surface area (Å²) in [6, 6.07) is 0. The zero-order valence-electron chi connectivity index (χ0n) is 6.77. The van der Waals surface area contributed by atoms with Crippen LogP contribution in [0.3, 0.4) is 0 Å². The van der Waals surface area contributed by atoms with Crippen LogP contribution in [0.1, 0.15) is 25.0 Å². The fourth-order valence-corrected chi connectivity index (χ4v) is 1.02. The fourth-order valence-electron chi connectivity index (χ4n) is 1.02. The molecule has 66 valence electrons. The van der Waals surface area contributed by atoms with Crippen molar-refractivity contribution in [1.82, 2.24) is 4.98 Å². The molecule has 0 saturated heterocycles. The third-order valence-corrected chi connectivity index (χ3v) is 1.68. The highest BCUT2D eigenvalue weighted by atomic mass is 16.4. The molecule has 0 amide bonds. The van der Waals surface area contributed by atoms with E-state index in [0.29, 0.717) is 12.2 Å². The van der Waals surface area contributed by atoms with Crippen molar-refractivity contribution in [1.29, 1.82) is 0 Å². The lowest BCUT2D eigenvalue weighted by Gasteiger charge is -2.07. The van der Waals surface area contributed by atoms with Gasteiger partial charge in [0, 0.05) is 0 Å². The van der Waals surface area contributed by atoms with Crippen LogP contribution in [0.25, 0.3) is 0 Å². The van der Waals surface area contributed by atoms with Crippen LogP contribution >= 0.6 is 0 Å². The van der Waals surface area contributed by atoms with Crippen LogP contribution in [0.4, 0.5) is 0 Å². The molecule has 0 aliphatic heterocycles. The van der Waals surface area contributed by atoms with Gasteiger partial charge in [-0.25, -0.2) is 4.98 Å². The van der Waals surface area contributed by atoms with Crippen LogP contribution in [-0.4, -0.2) is 16.0 Å². The number of nitrogens with two attached hydrogens (primary N) is 1. The monoisotopic (exact) mass is 169 g/mol. The third-order valence-electron chi connectivity index (χ3n) is 1.68. The second kappa shape index (κ2) is 3.75. The van der Waals surface area contributed by atoms with Crippen LogP contribution in [-0.2, 0) is 0 Å². The molecule has 0 bridgehead atoms. The van der Waals surface area contributed by atoms with Crippen molar-refractivity contribution in [3.63, 3.8) is 0 Å². The molecule has 1 atom stereocenters. The molecule has 0 aromatic carbocycles. The smallest absolute Gasteiger partial charge is 0.180 e. The number of rotatable bonds is 3. The Morgan fingerprint density at radius 2 is 2.67 bits per heavy atom. The van der Waals surface area contributed by atoms with Crippen molar-refractivity contribution in [3.05, 3.63) is 18.4 Å². The van der Waals surface area contributed by atoms with Crippen molar-refractivity contribution in [2.75, 3.05) is 0 Å².